The van der Waals surface area contributed by atoms with Crippen LogP contribution in [0.15, 0.2) is 12.2 Å². The van der Waals surface area contributed by atoms with E-state index >= 15 is 0 Å². The van der Waals surface area contributed by atoms with E-state index in [0.717, 1.165) is 12.8 Å². The van der Waals surface area contributed by atoms with Gasteiger partial charge in [-0.3, -0.25) is 4.79 Å². The van der Waals surface area contributed by atoms with Crippen LogP contribution in [0.3, 0.4) is 0 Å². The van der Waals surface area contributed by atoms with Gasteiger partial charge in [0.15, 0.2) is 0 Å². The van der Waals surface area contributed by atoms with Crippen LogP contribution in [0.5, 0.6) is 0 Å². The molecule has 2 nitrogen and oxygen atoms in total. The molecule has 0 saturated heterocycles. The summed E-state index contributed by atoms with van der Waals surface area (Å²) in [5.74, 6) is -0.171. The first-order valence-electron chi connectivity index (χ1n) is 10.5. The summed E-state index contributed by atoms with van der Waals surface area (Å²) in [6.07, 6.45) is 24.1. The summed E-state index contributed by atoms with van der Waals surface area (Å²) in [4.78, 5) is 11.2. The van der Waals surface area contributed by atoms with Crippen LogP contribution in [0.2, 0.25) is 0 Å². The van der Waals surface area contributed by atoms with Gasteiger partial charge in [0.25, 0.3) is 0 Å². The first kappa shape index (κ1) is 23.2. The number of allylic oxidation sites excluding steroid dienone is 2. The lowest BCUT2D eigenvalue weighted by Gasteiger charge is -2.19. The van der Waals surface area contributed by atoms with Crippen LogP contribution < -0.4 is 5.73 Å². The van der Waals surface area contributed by atoms with Crippen LogP contribution in [0.1, 0.15) is 117 Å². The minimum absolute atomic E-state index is 0.171. The molecule has 0 aromatic rings. The van der Waals surface area contributed by atoms with Crippen molar-refractivity contribution < 1.29 is 4.79 Å². The normalized spacial score (nSPS) is 12.1. The molecule has 0 heterocycles. The van der Waals surface area contributed by atoms with Crippen molar-refractivity contribution in [1.82, 2.24) is 0 Å². The van der Waals surface area contributed by atoms with Crippen LogP contribution >= 0.6 is 0 Å². The molecule has 0 radical (unpaired) electrons. The maximum absolute atomic E-state index is 11.2. The van der Waals surface area contributed by atoms with E-state index < -0.39 is 0 Å². The SMILES string of the molecule is CCCCCCCC/C=C/CCCCCCCCC(C)(C)C(N)=O. The predicted molar refractivity (Wildman–Crippen MR) is 107 cm³/mol. The van der Waals surface area contributed by atoms with Gasteiger partial charge >= 0.3 is 0 Å². The fourth-order valence-corrected chi connectivity index (χ4v) is 2.94. The molecule has 0 aromatic heterocycles. The molecule has 2 heteroatoms. The molecule has 0 aliphatic heterocycles. The third kappa shape index (κ3) is 14.8. The second-order valence-electron chi connectivity index (χ2n) is 7.94. The highest BCUT2D eigenvalue weighted by Crippen LogP contribution is 2.23. The molecule has 0 atom stereocenters. The van der Waals surface area contributed by atoms with E-state index in [9.17, 15) is 4.79 Å². The average molecular weight is 338 g/mol. The van der Waals surface area contributed by atoms with Crippen molar-refractivity contribution >= 4 is 5.91 Å². The molecule has 2 N–H and O–H groups in total. The van der Waals surface area contributed by atoms with Crippen LogP contribution in [0.25, 0.3) is 0 Å². The first-order chi connectivity index (χ1) is 11.5. The second-order valence-corrected chi connectivity index (χ2v) is 7.94. The third-order valence-electron chi connectivity index (χ3n) is 4.98. The monoisotopic (exact) mass is 337 g/mol. The predicted octanol–water partition coefficient (Wildman–Crippen LogP) is 6.93. The summed E-state index contributed by atoms with van der Waals surface area (Å²) in [7, 11) is 0. The summed E-state index contributed by atoms with van der Waals surface area (Å²) in [5.41, 5.74) is 5.06. The zero-order chi connectivity index (χ0) is 18.1. The number of carbonyl (C=O) groups excluding carboxylic acids is 1. The molecule has 0 bridgehead atoms. The Morgan fingerprint density at radius 2 is 1.17 bits per heavy atom. The van der Waals surface area contributed by atoms with Crippen molar-refractivity contribution in [3.05, 3.63) is 12.2 Å². The maximum Gasteiger partial charge on any atom is 0.223 e. The van der Waals surface area contributed by atoms with E-state index in [4.69, 9.17) is 5.73 Å². The fourth-order valence-electron chi connectivity index (χ4n) is 2.94. The lowest BCUT2D eigenvalue weighted by atomic mass is 9.86. The molecule has 0 aliphatic carbocycles. The molecule has 0 aliphatic rings. The Kier molecular flexibility index (Phi) is 15.2. The summed E-state index contributed by atoms with van der Waals surface area (Å²) in [6, 6.07) is 0. The van der Waals surface area contributed by atoms with Gasteiger partial charge in [-0.25, -0.2) is 0 Å². The minimum Gasteiger partial charge on any atom is -0.369 e. The van der Waals surface area contributed by atoms with E-state index in [1.54, 1.807) is 0 Å². The van der Waals surface area contributed by atoms with Gasteiger partial charge in [-0.1, -0.05) is 97.1 Å². The molecule has 1 amide bonds. The molecule has 0 aromatic carbocycles. The number of unbranched alkanes of at least 4 members (excludes halogenated alkanes) is 12. The summed E-state index contributed by atoms with van der Waals surface area (Å²) >= 11 is 0. The van der Waals surface area contributed by atoms with Crippen LogP contribution in [0.4, 0.5) is 0 Å². The van der Waals surface area contributed by atoms with E-state index in [2.05, 4.69) is 19.1 Å². The zero-order valence-electron chi connectivity index (χ0n) is 16.7. The zero-order valence-corrected chi connectivity index (χ0v) is 16.7. The Bertz CT molecular complexity index is 320. The lowest BCUT2D eigenvalue weighted by molar-refractivity contribution is -0.126. The molecular weight excluding hydrogens is 294 g/mol. The molecule has 0 fully saturated rings. The highest BCUT2D eigenvalue weighted by molar-refractivity contribution is 5.79. The average Bonchev–Trinajstić information content (AvgIpc) is 2.54. The van der Waals surface area contributed by atoms with Crippen molar-refractivity contribution in [3.63, 3.8) is 0 Å². The molecular formula is C22H43NO. The highest BCUT2D eigenvalue weighted by atomic mass is 16.1. The molecule has 0 saturated carbocycles. The Balaban J connectivity index is 3.25. The molecule has 142 valence electrons. The van der Waals surface area contributed by atoms with E-state index in [-0.39, 0.29) is 11.3 Å². The third-order valence-corrected chi connectivity index (χ3v) is 4.98. The van der Waals surface area contributed by atoms with Gasteiger partial charge < -0.3 is 5.73 Å². The van der Waals surface area contributed by atoms with Crippen LogP contribution in [-0.2, 0) is 4.79 Å². The Morgan fingerprint density at radius 1 is 0.750 bits per heavy atom. The molecule has 0 rings (SSSR count). The number of nitrogens with two attached hydrogens (primary N) is 1. The second kappa shape index (κ2) is 15.7. The smallest absolute Gasteiger partial charge is 0.223 e. The van der Waals surface area contributed by atoms with E-state index in [0.29, 0.717) is 0 Å². The number of carbonyl (C=O) groups is 1. The van der Waals surface area contributed by atoms with E-state index in [1.165, 1.54) is 83.5 Å². The fraction of sp³-hybridized carbons (Fsp3) is 0.864. The van der Waals surface area contributed by atoms with Crippen molar-refractivity contribution in [2.24, 2.45) is 11.1 Å². The van der Waals surface area contributed by atoms with Crippen molar-refractivity contribution in [3.8, 4) is 0 Å². The van der Waals surface area contributed by atoms with Gasteiger partial charge in [0.2, 0.25) is 5.91 Å². The Labute approximate surface area is 151 Å². The first-order valence-corrected chi connectivity index (χ1v) is 10.5. The number of primary amides is 1. The number of rotatable bonds is 17. The van der Waals surface area contributed by atoms with Crippen molar-refractivity contribution in [2.75, 3.05) is 0 Å². The van der Waals surface area contributed by atoms with Gasteiger partial charge in [0.05, 0.1) is 0 Å². The maximum atomic E-state index is 11.2. The molecule has 0 unspecified atom stereocenters. The highest BCUT2D eigenvalue weighted by Gasteiger charge is 2.23. The largest absolute Gasteiger partial charge is 0.369 e. The topological polar surface area (TPSA) is 43.1 Å². The summed E-state index contributed by atoms with van der Waals surface area (Å²) in [5, 5.41) is 0. The quantitative estimate of drug-likeness (QED) is 0.227. The molecule has 0 spiro atoms. The van der Waals surface area contributed by atoms with Crippen LogP contribution in [-0.4, -0.2) is 5.91 Å². The Morgan fingerprint density at radius 3 is 1.62 bits per heavy atom. The van der Waals surface area contributed by atoms with Gasteiger partial charge in [-0.2, -0.15) is 0 Å². The number of hydrogen-bond donors (Lipinski definition) is 1. The number of hydrogen-bond acceptors (Lipinski definition) is 1. The van der Waals surface area contributed by atoms with Crippen molar-refractivity contribution in [2.45, 2.75) is 117 Å². The van der Waals surface area contributed by atoms with Crippen molar-refractivity contribution in [1.29, 1.82) is 0 Å². The van der Waals surface area contributed by atoms with Crippen LogP contribution in [0, 0.1) is 5.41 Å². The van der Waals surface area contributed by atoms with Gasteiger partial charge in [0, 0.05) is 5.41 Å². The Hall–Kier alpha value is -0.790. The summed E-state index contributed by atoms with van der Waals surface area (Å²) < 4.78 is 0. The standard InChI is InChI=1S/C22H43NO/c1-4-5-6-7-8-9-10-11-12-13-14-15-16-17-18-19-20-22(2,3)21(23)24/h11-12H,4-10,13-20H2,1-3H3,(H2,23,24)/b12-11+. The summed E-state index contributed by atoms with van der Waals surface area (Å²) in [6.45, 7) is 6.17. The molecule has 24 heavy (non-hydrogen) atoms. The van der Waals surface area contributed by atoms with Gasteiger partial charge in [-0.05, 0) is 32.1 Å². The van der Waals surface area contributed by atoms with E-state index in [1.807, 2.05) is 13.8 Å². The van der Waals surface area contributed by atoms with Gasteiger partial charge in [-0.15, -0.1) is 0 Å². The minimum atomic E-state index is -0.333. The van der Waals surface area contributed by atoms with Gasteiger partial charge in [0.1, 0.15) is 0 Å². The lowest BCUT2D eigenvalue weighted by Crippen LogP contribution is -2.31. The number of amides is 1.